The smallest absolute Gasteiger partial charge is 0.0406 e. The summed E-state index contributed by atoms with van der Waals surface area (Å²) >= 11 is 7.62. The van der Waals surface area contributed by atoms with Crippen LogP contribution in [-0.2, 0) is 0 Å². The Balaban J connectivity index is 2.21. The number of halogens is 1. The first-order chi connectivity index (χ1) is 8.15. The Morgan fingerprint density at radius 2 is 1.88 bits per heavy atom. The van der Waals surface area contributed by atoms with Gasteiger partial charge in [0.15, 0.2) is 0 Å². The molecule has 17 heavy (non-hydrogen) atoms. The molecule has 2 N–H and O–H groups in total. The molecule has 88 valence electrons. The van der Waals surface area contributed by atoms with Crippen LogP contribution < -0.4 is 5.73 Å². The maximum atomic E-state index is 5.87. The summed E-state index contributed by atoms with van der Waals surface area (Å²) < 4.78 is 0. The van der Waals surface area contributed by atoms with E-state index in [0.717, 1.165) is 5.02 Å². The lowest BCUT2D eigenvalue weighted by molar-refractivity contribution is 0.931. The van der Waals surface area contributed by atoms with Gasteiger partial charge in [-0.1, -0.05) is 29.8 Å². The molecule has 0 aliphatic carbocycles. The summed E-state index contributed by atoms with van der Waals surface area (Å²) in [6.07, 6.45) is 4.06. The molecule has 1 atom stereocenters. The molecule has 0 aliphatic rings. The standard InChI is InChI=1S/C14H14ClNS/c1-10(16)2-7-13-8-9-14(17-13)11-3-5-12(15)6-4-11/h2-10H,16H2,1H3/b7-2+. The molecule has 0 spiro atoms. The molecule has 2 rings (SSSR count). The van der Waals surface area contributed by atoms with Gasteiger partial charge in [-0.25, -0.2) is 0 Å². The lowest BCUT2D eigenvalue weighted by Crippen LogP contribution is -2.09. The fourth-order valence-electron chi connectivity index (χ4n) is 1.46. The van der Waals surface area contributed by atoms with Crippen molar-refractivity contribution < 1.29 is 0 Å². The number of benzene rings is 1. The van der Waals surface area contributed by atoms with Gasteiger partial charge in [0.05, 0.1) is 0 Å². The first-order valence-electron chi connectivity index (χ1n) is 5.45. The maximum absolute atomic E-state index is 5.87. The van der Waals surface area contributed by atoms with E-state index in [1.807, 2.05) is 37.3 Å². The van der Waals surface area contributed by atoms with Crippen LogP contribution in [0.3, 0.4) is 0 Å². The quantitative estimate of drug-likeness (QED) is 0.871. The number of rotatable bonds is 3. The molecule has 0 saturated heterocycles. The molecule has 0 amide bonds. The summed E-state index contributed by atoms with van der Waals surface area (Å²) in [6, 6.07) is 12.2. The molecule has 0 saturated carbocycles. The lowest BCUT2D eigenvalue weighted by Gasteiger charge is -1.96. The van der Waals surface area contributed by atoms with Crippen molar-refractivity contribution in [2.75, 3.05) is 0 Å². The van der Waals surface area contributed by atoms with Crippen molar-refractivity contribution in [3.63, 3.8) is 0 Å². The van der Waals surface area contributed by atoms with Crippen molar-refractivity contribution in [3.05, 3.63) is 52.4 Å². The normalized spacial score (nSPS) is 13.1. The van der Waals surface area contributed by atoms with Crippen molar-refractivity contribution in [1.82, 2.24) is 0 Å². The van der Waals surface area contributed by atoms with Crippen LogP contribution >= 0.6 is 22.9 Å². The zero-order valence-electron chi connectivity index (χ0n) is 9.56. The van der Waals surface area contributed by atoms with Crippen LogP contribution in [0.5, 0.6) is 0 Å². The van der Waals surface area contributed by atoms with Gasteiger partial charge in [0, 0.05) is 20.8 Å². The molecule has 0 aliphatic heterocycles. The summed E-state index contributed by atoms with van der Waals surface area (Å²) in [5.41, 5.74) is 6.87. The molecule has 0 radical (unpaired) electrons. The molecular formula is C14H14ClNS. The van der Waals surface area contributed by atoms with Gasteiger partial charge in [-0.05, 0) is 42.8 Å². The van der Waals surface area contributed by atoms with Crippen molar-refractivity contribution in [2.45, 2.75) is 13.0 Å². The van der Waals surface area contributed by atoms with Crippen LogP contribution in [0.15, 0.2) is 42.5 Å². The minimum absolute atomic E-state index is 0.0936. The van der Waals surface area contributed by atoms with Gasteiger partial charge in [0.2, 0.25) is 0 Å². The first-order valence-corrected chi connectivity index (χ1v) is 6.64. The van der Waals surface area contributed by atoms with Gasteiger partial charge < -0.3 is 5.73 Å². The van der Waals surface area contributed by atoms with E-state index in [9.17, 15) is 0 Å². The predicted molar refractivity (Wildman–Crippen MR) is 77.4 cm³/mol. The zero-order valence-corrected chi connectivity index (χ0v) is 11.1. The third-order valence-corrected chi connectivity index (χ3v) is 3.67. The summed E-state index contributed by atoms with van der Waals surface area (Å²) in [7, 11) is 0. The second kappa shape index (κ2) is 5.50. The maximum Gasteiger partial charge on any atom is 0.0406 e. The van der Waals surface area contributed by atoms with Crippen LogP contribution in [0, 0.1) is 0 Å². The topological polar surface area (TPSA) is 26.0 Å². The average molecular weight is 264 g/mol. The fraction of sp³-hybridized carbons (Fsp3) is 0.143. The van der Waals surface area contributed by atoms with E-state index in [4.69, 9.17) is 17.3 Å². The number of nitrogens with two attached hydrogens (primary N) is 1. The number of hydrogen-bond acceptors (Lipinski definition) is 2. The van der Waals surface area contributed by atoms with Gasteiger partial charge in [-0.2, -0.15) is 0 Å². The highest BCUT2D eigenvalue weighted by atomic mass is 35.5. The Morgan fingerprint density at radius 3 is 2.53 bits per heavy atom. The lowest BCUT2D eigenvalue weighted by atomic mass is 10.2. The molecule has 2 aromatic rings. The third kappa shape index (κ3) is 3.43. The van der Waals surface area contributed by atoms with E-state index < -0.39 is 0 Å². The summed E-state index contributed by atoms with van der Waals surface area (Å²) in [4.78, 5) is 2.46. The Hall–Kier alpha value is -1.09. The Kier molecular flexibility index (Phi) is 4.00. The van der Waals surface area contributed by atoms with Crippen LogP contribution in [0.4, 0.5) is 0 Å². The minimum Gasteiger partial charge on any atom is -0.325 e. The van der Waals surface area contributed by atoms with E-state index in [0.29, 0.717) is 0 Å². The number of hydrogen-bond donors (Lipinski definition) is 1. The van der Waals surface area contributed by atoms with Crippen molar-refractivity contribution in [2.24, 2.45) is 5.73 Å². The second-order valence-electron chi connectivity index (χ2n) is 3.93. The number of thiophene rings is 1. The Bertz CT molecular complexity index is 511. The van der Waals surface area contributed by atoms with Crippen molar-refractivity contribution >= 4 is 29.0 Å². The molecule has 0 fully saturated rings. The molecule has 1 unspecified atom stereocenters. The first kappa shape index (κ1) is 12.4. The Morgan fingerprint density at radius 1 is 1.18 bits per heavy atom. The molecule has 3 heteroatoms. The van der Waals surface area contributed by atoms with Gasteiger partial charge in [0.25, 0.3) is 0 Å². The van der Waals surface area contributed by atoms with Crippen molar-refractivity contribution in [1.29, 1.82) is 0 Å². The van der Waals surface area contributed by atoms with Crippen LogP contribution in [0.1, 0.15) is 11.8 Å². The second-order valence-corrected chi connectivity index (χ2v) is 5.48. The van der Waals surface area contributed by atoms with Crippen LogP contribution in [0.2, 0.25) is 5.02 Å². The average Bonchev–Trinajstić information content (AvgIpc) is 2.76. The molecule has 0 bridgehead atoms. The van der Waals surface area contributed by atoms with E-state index in [-0.39, 0.29) is 6.04 Å². The molecule has 1 heterocycles. The zero-order chi connectivity index (χ0) is 12.3. The largest absolute Gasteiger partial charge is 0.325 e. The van der Waals surface area contributed by atoms with E-state index in [2.05, 4.69) is 18.2 Å². The van der Waals surface area contributed by atoms with Gasteiger partial charge in [-0.3, -0.25) is 0 Å². The molecule has 1 aromatic heterocycles. The third-order valence-electron chi connectivity index (χ3n) is 2.32. The predicted octanol–water partition coefficient (Wildman–Crippen LogP) is 4.43. The molecular weight excluding hydrogens is 250 g/mol. The van der Waals surface area contributed by atoms with Gasteiger partial charge in [0.1, 0.15) is 0 Å². The van der Waals surface area contributed by atoms with Gasteiger partial charge in [-0.15, -0.1) is 11.3 Å². The van der Waals surface area contributed by atoms with E-state index in [1.165, 1.54) is 15.3 Å². The minimum atomic E-state index is 0.0936. The fourth-order valence-corrected chi connectivity index (χ4v) is 2.51. The van der Waals surface area contributed by atoms with E-state index in [1.54, 1.807) is 11.3 Å². The SMILES string of the molecule is CC(N)/C=C/c1ccc(-c2ccc(Cl)cc2)s1. The summed E-state index contributed by atoms with van der Waals surface area (Å²) in [5.74, 6) is 0. The summed E-state index contributed by atoms with van der Waals surface area (Å²) in [5, 5.41) is 0.766. The summed E-state index contributed by atoms with van der Waals surface area (Å²) in [6.45, 7) is 1.96. The highest BCUT2D eigenvalue weighted by Crippen LogP contribution is 2.29. The van der Waals surface area contributed by atoms with Crippen LogP contribution in [-0.4, -0.2) is 6.04 Å². The molecule has 1 nitrogen and oxygen atoms in total. The monoisotopic (exact) mass is 263 g/mol. The molecule has 1 aromatic carbocycles. The highest BCUT2D eigenvalue weighted by Gasteiger charge is 2.01. The Labute approximate surface area is 111 Å². The van der Waals surface area contributed by atoms with Crippen molar-refractivity contribution in [3.8, 4) is 10.4 Å². The van der Waals surface area contributed by atoms with Gasteiger partial charge >= 0.3 is 0 Å². The van der Waals surface area contributed by atoms with E-state index >= 15 is 0 Å². The highest BCUT2D eigenvalue weighted by molar-refractivity contribution is 7.16. The van der Waals surface area contributed by atoms with Crippen LogP contribution in [0.25, 0.3) is 16.5 Å².